The van der Waals surface area contributed by atoms with Crippen LogP contribution >= 0.6 is 23.2 Å². The van der Waals surface area contributed by atoms with E-state index in [-0.39, 0.29) is 18.1 Å². The maximum absolute atomic E-state index is 12.7. The number of carbonyl (C=O) groups excluding carboxylic acids is 1. The van der Waals surface area contributed by atoms with Crippen molar-refractivity contribution in [3.8, 4) is 5.75 Å². The molecule has 3 N–H and O–H groups in total. The van der Waals surface area contributed by atoms with Gasteiger partial charge in [-0.25, -0.2) is 4.79 Å². The van der Waals surface area contributed by atoms with Crippen LogP contribution in [-0.4, -0.2) is 23.5 Å². The smallest absolute Gasteiger partial charge is 0.341 e. The first-order valence-electron chi connectivity index (χ1n) is 10.3. The summed E-state index contributed by atoms with van der Waals surface area (Å²) in [5, 5.41) is 9.65. The Bertz CT molecular complexity index is 1090. The number of hydrogen-bond acceptors (Lipinski definition) is 5. The van der Waals surface area contributed by atoms with Gasteiger partial charge in [-0.3, -0.25) is 4.79 Å². The van der Waals surface area contributed by atoms with Gasteiger partial charge in [0.2, 0.25) is 0 Å². The van der Waals surface area contributed by atoms with Crippen LogP contribution in [-0.2, 0) is 9.53 Å². The number of aliphatic carboxylic acids is 1. The van der Waals surface area contributed by atoms with E-state index < -0.39 is 12.6 Å². The highest BCUT2D eigenvalue weighted by atomic mass is 35.5. The molecule has 176 valence electrons. The van der Waals surface area contributed by atoms with E-state index in [1.54, 1.807) is 43.3 Å². The first kappa shape index (κ1) is 26.3. The van der Waals surface area contributed by atoms with Crippen LogP contribution in [0.3, 0.4) is 0 Å². The Balaban J connectivity index is 2.09. The average molecular weight is 492 g/mol. The molecule has 6 nitrogen and oxygen atoms in total. The lowest BCUT2D eigenvalue weighted by Crippen LogP contribution is -2.12. The highest BCUT2D eigenvalue weighted by Gasteiger charge is 2.17. The number of nitrogens with two attached hydrogens (primary N) is 1. The third-order valence-electron chi connectivity index (χ3n) is 4.78. The maximum Gasteiger partial charge on any atom is 0.341 e. The Hall–Kier alpha value is -2.96. The standard InChI is InChI=1S/C25H27Cl2NO5/c1-14(2)25(33-16(4)19-7-6-18(26)12-20(19)27)21(28)8-9-22(29)17-5-10-23(15(3)11-17)32-13-24(30)31/h5-7,10-12,14H,4,8-9,13,28H2,1-3H3,(H,30,31)/b25-21-. The molecule has 0 bridgehead atoms. The monoisotopic (exact) mass is 491 g/mol. The molecule has 0 unspecified atom stereocenters. The Labute approximate surface area is 203 Å². The van der Waals surface area contributed by atoms with E-state index in [0.29, 0.717) is 56.1 Å². The number of carbonyl (C=O) groups is 2. The molecule has 2 aromatic carbocycles. The largest absolute Gasteiger partial charge is 0.482 e. The summed E-state index contributed by atoms with van der Waals surface area (Å²) in [4.78, 5) is 23.4. The highest BCUT2D eigenvalue weighted by Crippen LogP contribution is 2.30. The van der Waals surface area contributed by atoms with Gasteiger partial charge in [0.1, 0.15) is 17.3 Å². The summed E-state index contributed by atoms with van der Waals surface area (Å²) in [6.07, 6.45) is 0.471. The quantitative estimate of drug-likeness (QED) is 0.285. The Kier molecular flexibility index (Phi) is 9.38. The predicted molar refractivity (Wildman–Crippen MR) is 131 cm³/mol. The number of ketones is 1. The lowest BCUT2D eigenvalue weighted by Gasteiger charge is -2.19. The van der Waals surface area contributed by atoms with Crippen LogP contribution in [0.5, 0.6) is 5.75 Å². The first-order valence-corrected chi connectivity index (χ1v) is 11.0. The van der Waals surface area contributed by atoms with Crippen LogP contribution in [0.15, 0.2) is 54.4 Å². The van der Waals surface area contributed by atoms with Crippen LogP contribution < -0.4 is 10.5 Å². The minimum absolute atomic E-state index is 0.0455. The van der Waals surface area contributed by atoms with E-state index in [0.717, 1.165) is 0 Å². The summed E-state index contributed by atoms with van der Waals surface area (Å²) >= 11 is 12.2. The van der Waals surface area contributed by atoms with E-state index >= 15 is 0 Å². The molecule has 8 heteroatoms. The lowest BCUT2D eigenvalue weighted by molar-refractivity contribution is -0.139. The zero-order valence-corrected chi connectivity index (χ0v) is 20.3. The van der Waals surface area contributed by atoms with Gasteiger partial charge in [-0.15, -0.1) is 0 Å². The maximum atomic E-state index is 12.7. The predicted octanol–water partition coefficient (Wildman–Crippen LogP) is 6.24. The molecule has 0 saturated heterocycles. The van der Waals surface area contributed by atoms with E-state index in [4.69, 9.17) is 43.5 Å². The fourth-order valence-corrected chi connectivity index (χ4v) is 3.61. The third kappa shape index (κ3) is 7.55. The summed E-state index contributed by atoms with van der Waals surface area (Å²) in [7, 11) is 0. The zero-order chi connectivity index (χ0) is 24.7. The van der Waals surface area contributed by atoms with Crippen molar-refractivity contribution in [2.75, 3.05) is 6.61 Å². The second-order valence-corrected chi connectivity index (χ2v) is 8.62. The van der Waals surface area contributed by atoms with Crippen molar-refractivity contribution in [2.45, 2.75) is 33.6 Å². The van der Waals surface area contributed by atoms with Gasteiger partial charge in [0.15, 0.2) is 12.4 Å². The molecule has 0 atom stereocenters. The van der Waals surface area contributed by atoms with Gasteiger partial charge < -0.3 is 20.3 Å². The van der Waals surface area contributed by atoms with Crippen LogP contribution in [0.1, 0.15) is 48.2 Å². The fraction of sp³-hybridized carbons (Fsp3) is 0.280. The van der Waals surface area contributed by atoms with Gasteiger partial charge in [-0.2, -0.15) is 0 Å². The van der Waals surface area contributed by atoms with Crippen LogP contribution in [0, 0.1) is 12.8 Å². The summed E-state index contributed by atoms with van der Waals surface area (Å²) in [6, 6.07) is 9.89. The summed E-state index contributed by atoms with van der Waals surface area (Å²) < 4.78 is 11.2. The van der Waals surface area contributed by atoms with Gasteiger partial charge >= 0.3 is 5.97 Å². The van der Waals surface area contributed by atoms with Crippen molar-refractivity contribution >= 4 is 40.7 Å². The molecule has 0 fully saturated rings. The van der Waals surface area contributed by atoms with Crippen molar-refractivity contribution < 1.29 is 24.2 Å². The molecule has 33 heavy (non-hydrogen) atoms. The molecule has 0 heterocycles. The minimum atomic E-state index is -1.07. The first-order chi connectivity index (χ1) is 15.5. The summed E-state index contributed by atoms with van der Waals surface area (Å²) in [5.74, 6) is 0.0585. The van der Waals surface area contributed by atoms with Gasteiger partial charge in [0, 0.05) is 34.2 Å². The fourth-order valence-electron chi connectivity index (χ4n) is 3.10. The Morgan fingerprint density at radius 3 is 2.39 bits per heavy atom. The van der Waals surface area contributed by atoms with Crippen molar-refractivity contribution in [2.24, 2.45) is 11.7 Å². The lowest BCUT2D eigenvalue weighted by atomic mass is 10.0. The van der Waals surface area contributed by atoms with E-state index in [1.807, 2.05) is 13.8 Å². The van der Waals surface area contributed by atoms with Crippen molar-refractivity contribution in [3.63, 3.8) is 0 Å². The number of ether oxygens (including phenoxy) is 2. The van der Waals surface area contributed by atoms with Crippen molar-refractivity contribution in [1.29, 1.82) is 0 Å². The highest BCUT2D eigenvalue weighted by molar-refractivity contribution is 6.35. The molecule has 0 amide bonds. The number of carboxylic acid groups (broad SMARTS) is 1. The number of aryl methyl sites for hydroxylation is 1. The van der Waals surface area contributed by atoms with Crippen molar-refractivity contribution in [1.82, 2.24) is 0 Å². The number of benzene rings is 2. The van der Waals surface area contributed by atoms with E-state index in [1.165, 1.54) is 0 Å². The molecule has 0 aromatic heterocycles. The van der Waals surface area contributed by atoms with Gasteiger partial charge in [-0.1, -0.05) is 43.6 Å². The molecule has 0 aliphatic rings. The summed E-state index contributed by atoms with van der Waals surface area (Å²) in [6.45, 7) is 9.12. The van der Waals surface area contributed by atoms with Crippen LogP contribution in [0.25, 0.3) is 5.76 Å². The van der Waals surface area contributed by atoms with Gasteiger partial charge in [0.05, 0.1) is 5.02 Å². The zero-order valence-electron chi connectivity index (χ0n) is 18.8. The van der Waals surface area contributed by atoms with Crippen molar-refractivity contribution in [3.05, 3.63) is 81.2 Å². The number of Topliss-reactive ketones (excluding diaryl/α,β-unsaturated/α-hetero) is 1. The number of rotatable bonds is 11. The average Bonchev–Trinajstić information content (AvgIpc) is 2.74. The van der Waals surface area contributed by atoms with E-state index in [2.05, 4.69) is 6.58 Å². The number of hydrogen-bond donors (Lipinski definition) is 2. The molecule has 0 aliphatic carbocycles. The molecule has 0 radical (unpaired) electrons. The second kappa shape index (κ2) is 11.8. The van der Waals surface area contributed by atoms with Crippen LogP contribution in [0.4, 0.5) is 0 Å². The van der Waals surface area contributed by atoms with Crippen LogP contribution in [0.2, 0.25) is 10.0 Å². The molecule has 0 spiro atoms. The Morgan fingerprint density at radius 2 is 1.82 bits per heavy atom. The number of halogens is 2. The molecule has 2 aromatic rings. The molecule has 0 saturated carbocycles. The Morgan fingerprint density at radius 1 is 1.12 bits per heavy atom. The summed E-state index contributed by atoms with van der Waals surface area (Å²) in [5.41, 5.74) is 8.50. The topological polar surface area (TPSA) is 98.9 Å². The third-order valence-corrected chi connectivity index (χ3v) is 5.32. The number of allylic oxidation sites excluding steroid dienone is 2. The van der Waals surface area contributed by atoms with E-state index in [9.17, 15) is 9.59 Å². The second-order valence-electron chi connectivity index (χ2n) is 7.78. The van der Waals surface area contributed by atoms with Gasteiger partial charge in [-0.05, 0) is 55.3 Å². The SMILES string of the molecule is C=C(O/C(=C(\N)CCC(=O)c1ccc(OCC(=O)O)c(C)c1)C(C)C)c1ccc(Cl)cc1Cl. The molecule has 0 aliphatic heterocycles. The molecular formula is C25H27Cl2NO5. The normalized spacial score (nSPS) is 11.7. The van der Waals surface area contributed by atoms with Gasteiger partial charge in [0.25, 0.3) is 0 Å². The molecular weight excluding hydrogens is 465 g/mol. The molecule has 2 rings (SSSR count). The minimum Gasteiger partial charge on any atom is -0.482 e. The number of carboxylic acids is 1.